The minimum atomic E-state index is -0.726. The van der Waals surface area contributed by atoms with Crippen LogP contribution in [0.5, 0.6) is 5.75 Å². The second-order valence-electron chi connectivity index (χ2n) is 6.04. The number of hydrogen-bond acceptors (Lipinski definition) is 3. The van der Waals surface area contributed by atoms with E-state index in [4.69, 9.17) is 27.9 Å². The SMILES string of the molecule is COc1ccc(NC(=O)[C@@H](NC(=O)c2ccc(Cl)cc2Cl)C(C)C)cc1. The zero-order valence-corrected chi connectivity index (χ0v) is 16.2. The van der Waals surface area contributed by atoms with Crippen LogP contribution in [0, 0.1) is 5.92 Å². The molecule has 1 atom stereocenters. The summed E-state index contributed by atoms with van der Waals surface area (Å²) >= 11 is 11.9. The molecule has 0 aliphatic heterocycles. The third-order valence-corrected chi connectivity index (χ3v) is 4.32. The van der Waals surface area contributed by atoms with Crippen LogP contribution in [0.15, 0.2) is 42.5 Å². The molecule has 2 N–H and O–H groups in total. The van der Waals surface area contributed by atoms with Crippen LogP contribution in [0.25, 0.3) is 0 Å². The number of carbonyl (C=O) groups is 2. The summed E-state index contributed by atoms with van der Waals surface area (Å²) in [5, 5.41) is 6.19. The van der Waals surface area contributed by atoms with Crippen LogP contribution in [-0.2, 0) is 4.79 Å². The van der Waals surface area contributed by atoms with Gasteiger partial charge in [0.25, 0.3) is 5.91 Å². The highest BCUT2D eigenvalue weighted by Gasteiger charge is 2.25. The molecule has 2 aromatic carbocycles. The largest absolute Gasteiger partial charge is 0.497 e. The molecule has 2 amide bonds. The molecule has 0 saturated heterocycles. The van der Waals surface area contributed by atoms with Gasteiger partial charge in [0.2, 0.25) is 5.91 Å². The topological polar surface area (TPSA) is 67.4 Å². The zero-order valence-electron chi connectivity index (χ0n) is 14.7. The number of halogens is 2. The lowest BCUT2D eigenvalue weighted by molar-refractivity contribution is -0.118. The van der Waals surface area contributed by atoms with E-state index in [0.717, 1.165) is 0 Å². The van der Waals surface area contributed by atoms with Gasteiger partial charge in [0.05, 0.1) is 17.7 Å². The van der Waals surface area contributed by atoms with E-state index >= 15 is 0 Å². The molecule has 0 aliphatic carbocycles. The second-order valence-corrected chi connectivity index (χ2v) is 6.88. The lowest BCUT2D eigenvalue weighted by Gasteiger charge is -2.22. The Morgan fingerprint density at radius 1 is 1.04 bits per heavy atom. The molecule has 5 nitrogen and oxygen atoms in total. The van der Waals surface area contributed by atoms with Crippen LogP contribution in [-0.4, -0.2) is 25.0 Å². The number of ether oxygens (including phenoxy) is 1. The molecule has 7 heteroatoms. The highest BCUT2D eigenvalue weighted by molar-refractivity contribution is 6.36. The van der Waals surface area contributed by atoms with E-state index < -0.39 is 11.9 Å². The minimum Gasteiger partial charge on any atom is -0.497 e. The average molecular weight is 395 g/mol. The van der Waals surface area contributed by atoms with Crippen molar-refractivity contribution in [3.8, 4) is 5.75 Å². The molecular weight excluding hydrogens is 375 g/mol. The summed E-state index contributed by atoms with van der Waals surface area (Å²) < 4.78 is 5.09. The van der Waals surface area contributed by atoms with Crippen molar-refractivity contribution in [2.45, 2.75) is 19.9 Å². The number of benzene rings is 2. The monoisotopic (exact) mass is 394 g/mol. The molecule has 0 fully saturated rings. The molecule has 0 bridgehead atoms. The highest BCUT2D eigenvalue weighted by Crippen LogP contribution is 2.21. The molecule has 26 heavy (non-hydrogen) atoms. The highest BCUT2D eigenvalue weighted by atomic mass is 35.5. The fraction of sp³-hybridized carbons (Fsp3) is 0.263. The van der Waals surface area contributed by atoms with E-state index in [1.807, 2.05) is 13.8 Å². The Balaban J connectivity index is 2.11. The van der Waals surface area contributed by atoms with Crippen LogP contribution in [0.1, 0.15) is 24.2 Å². The van der Waals surface area contributed by atoms with Crippen LogP contribution >= 0.6 is 23.2 Å². The minimum absolute atomic E-state index is 0.122. The number of hydrogen-bond donors (Lipinski definition) is 2. The van der Waals surface area contributed by atoms with Gasteiger partial charge in [-0.2, -0.15) is 0 Å². The zero-order chi connectivity index (χ0) is 19.3. The van der Waals surface area contributed by atoms with Gasteiger partial charge in [-0.1, -0.05) is 37.0 Å². The number of anilines is 1. The Bertz CT molecular complexity index is 792. The normalized spacial score (nSPS) is 11.8. The van der Waals surface area contributed by atoms with E-state index in [2.05, 4.69) is 10.6 Å². The predicted molar refractivity (Wildman–Crippen MR) is 104 cm³/mol. The third-order valence-electron chi connectivity index (χ3n) is 3.77. The van der Waals surface area contributed by atoms with Gasteiger partial charge in [-0.25, -0.2) is 0 Å². The van der Waals surface area contributed by atoms with E-state index in [1.165, 1.54) is 12.1 Å². The molecule has 0 radical (unpaired) electrons. The van der Waals surface area contributed by atoms with Crippen molar-refractivity contribution in [1.29, 1.82) is 0 Å². The smallest absolute Gasteiger partial charge is 0.253 e. The lowest BCUT2D eigenvalue weighted by Crippen LogP contribution is -2.47. The fourth-order valence-corrected chi connectivity index (χ4v) is 2.82. The molecule has 0 saturated carbocycles. The summed E-state index contributed by atoms with van der Waals surface area (Å²) in [6, 6.07) is 10.8. The van der Waals surface area contributed by atoms with Crippen LogP contribution in [0.3, 0.4) is 0 Å². The van der Waals surface area contributed by atoms with Crippen molar-refractivity contribution in [2.75, 3.05) is 12.4 Å². The standard InChI is InChI=1S/C19H20Cl2N2O3/c1-11(2)17(19(25)22-13-5-7-14(26-3)8-6-13)23-18(24)15-9-4-12(20)10-16(15)21/h4-11,17H,1-3H3,(H,22,25)(H,23,24)/t17-/m0/s1. The summed E-state index contributed by atoms with van der Waals surface area (Å²) in [7, 11) is 1.57. The molecule has 2 aromatic rings. The van der Waals surface area contributed by atoms with Crippen molar-refractivity contribution >= 4 is 40.7 Å². The molecule has 0 heterocycles. The van der Waals surface area contributed by atoms with Gasteiger partial charge < -0.3 is 15.4 Å². The first kappa shape index (κ1) is 20.1. The van der Waals surface area contributed by atoms with Gasteiger partial charge in [0.1, 0.15) is 11.8 Å². The first-order valence-electron chi connectivity index (χ1n) is 8.02. The van der Waals surface area contributed by atoms with Crippen molar-refractivity contribution in [3.63, 3.8) is 0 Å². The molecule has 2 rings (SSSR count). The molecule has 0 spiro atoms. The van der Waals surface area contributed by atoms with Gasteiger partial charge in [-0.3, -0.25) is 9.59 Å². The molecule has 0 aliphatic rings. The summed E-state index contributed by atoms with van der Waals surface area (Å²) in [5.41, 5.74) is 0.874. The number of carbonyl (C=O) groups excluding carboxylic acids is 2. The molecular formula is C19H20Cl2N2O3. The van der Waals surface area contributed by atoms with Gasteiger partial charge in [-0.15, -0.1) is 0 Å². The summed E-state index contributed by atoms with van der Waals surface area (Å²) in [4.78, 5) is 25.1. The summed E-state index contributed by atoms with van der Waals surface area (Å²) in [5.74, 6) is -0.184. The van der Waals surface area contributed by atoms with Gasteiger partial charge in [-0.05, 0) is 48.4 Å². The summed E-state index contributed by atoms with van der Waals surface area (Å²) in [6.07, 6.45) is 0. The average Bonchev–Trinajstić information content (AvgIpc) is 2.59. The first-order valence-corrected chi connectivity index (χ1v) is 8.78. The Morgan fingerprint density at radius 3 is 2.23 bits per heavy atom. The summed E-state index contributed by atoms with van der Waals surface area (Å²) in [6.45, 7) is 3.70. The Labute approximate surface area is 162 Å². The number of methoxy groups -OCH3 is 1. The lowest BCUT2D eigenvalue weighted by atomic mass is 10.0. The maximum Gasteiger partial charge on any atom is 0.253 e. The number of nitrogens with one attached hydrogen (secondary N) is 2. The van der Waals surface area contributed by atoms with Crippen LogP contribution < -0.4 is 15.4 Å². The van der Waals surface area contributed by atoms with Crippen LogP contribution in [0.4, 0.5) is 5.69 Å². The first-order chi connectivity index (χ1) is 12.3. The Kier molecular flexibility index (Phi) is 6.89. The van der Waals surface area contributed by atoms with Crippen molar-refractivity contribution < 1.29 is 14.3 Å². The van der Waals surface area contributed by atoms with Crippen molar-refractivity contribution in [3.05, 3.63) is 58.1 Å². The number of amides is 2. The fourth-order valence-electron chi connectivity index (χ4n) is 2.32. The molecule has 0 unspecified atom stereocenters. The molecule has 0 aromatic heterocycles. The maximum absolute atomic E-state index is 12.6. The van der Waals surface area contributed by atoms with E-state index in [-0.39, 0.29) is 22.4 Å². The van der Waals surface area contributed by atoms with E-state index in [9.17, 15) is 9.59 Å². The number of rotatable bonds is 6. The Morgan fingerprint density at radius 2 is 1.69 bits per heavy atom. The third kappa shape index (κ3) is 5.13. The quantitative estimate of drug-likeness (QED) is 0.762. The van der Waals surface area contributed by atoms with E-state index in [1.54, 1.807) is 37.4 Å². The Hall–Kier alpha value is -2.24. The predicted octanol–water partition coefficient (Wildman–Crippen LogP) is 4.40. The van der Waals surface area contributed by atoms with Crippen molar-refractivity contribution in [1.82, 2.24) is 5.32 Å². The molecule has 138 valence electrons. The maximum atomic E-state index is 12.6. The van der Waals surface area contributed by atoms with Gasteiger partial charge in [0, 0.05) is 10.7 Å². The second kappa shape index (κ2) is 8.92. The van der Waals surface area contributed by atoms with Gasteiger partial charge in [0.15, 0.2) is 0 Å². The van der Waals surface area contributed by atoms with Crippen LogP contribution in [0.2, 0.25) is 10.0 Å². The van der Waals surface area contributed by atoms with Crippen molar-refractivity contribution in [2.24, 2.45) is 5.92 Å². The van der Waals surface area contributed by atoms with E-state index in [0.29, 0.717) is 16.5 Å². The van der Waals surface area contributed by atoms with Gasteiger partial charge >= 0.3 is 0 Å².